The number of carbonyl (C=O) groups excluding carboxylic acids is 4. The average Bonchev–Trinajstić information content (AvgIpc) is 4.03. The van der Waals surface area contributed by atoms with Crippen LogP contribution in [0.4, 0.5) is 9.59 Å². The third-order valence-electron chi connectivity index (χ3n) is 12.8. The summed E-state index contributed by atoms with van der Waals surface area (Å²) in [5, 5.41) is 5.31. The fourth-order valence-electron chi connectivity index (χ4n) is 9.51. The van der Waals surface area contributed by atoms with E-state index in [9.17, 15) is 19.2 Å². The molecule has 4 N–H and O–H groups in total. The zero-order valence-electron chi connectivity index (χ0n) is 32.1. The lowest BCUT2D eigenvalue weighted by Crippen LogP contribution is -2.51. The van der Waals surface area contributed by atoms with Crippen LogP contribution in [0.2, 0.25) is 0 Å². The molecule has 4 atom stereocenters. The number of amides is 4. The summed E-state index contributed by atoms with van der Waals surface area (Å²) in [7, 11) is 2.59. The predicted octanol–water partition coefficient (Wildman–Crippen LogP) is 5.80. The summed E-state index contributed by atoms with van der Waals surface area (Å²) in [6, 6.07) is 7.26. The minimum Gasteiger partial charge on any atom is -0.453 e. The number of likely N-dealkylation sites (tertiary alicyclic amines) is 2. The van der Waals surface area contributed by atoms with Gasteiger partial charge in [0.2, 0.25) is 11.8 Å². The quantitative estimate of drug-likeness (QED) is 0.202. The number of carbonyl (C=O) groups is 4. The van der Waals surface area contributed by atoms with Crippen LogP contribution in [0, 0.1) is 5.92 Å². The molecule has 54 heavy (non-hydrogen) atoms. The number of H-pyrrole nitrogens is 2. The van der Waals surface area contributed by atoms with Crippen LogP contribution in [0.25, 0.3) is 11.3 Å². The van der Waals surface area contributed by atoms with E-state index >= 15 is 0 Å². The molecule has 4 heterocycles. The molecule has 290 valence electrons. The molecular formula is C40H54N8O6. The molecule has 0 radical (unpaired) electrons. The lowest BCUT2D eigenvalue weighted by Gasteiger charge is -2.53. The molecule has 3 aliphatic carbocycles. The van der Waals surface area contributed by atoms with E-state index in [1.165, 1.54) is 25.5 Å². The number of alkyl carbamates (subject to hydrolysis) is 2. The maximum Gasteiger partial charge on any atom is 0.407 e. The van der Waals surface area contributed by atoms with Crippen LogP contribution in [0.3, 0.4) is 0 Å². The molecule has 2 bridgehead atoms. The van der Waals surface area contributed by atoms with Crippen molar-refractivity contribution < 1.29 is 28.7 Å². The third-order valence-corrected chi connectivity index (χ3v) is 12.8. The van der Waals surface area contributed by atoms with Gasteiger partial charge in [-0.25, -0.2) is 19.6 Å². The summed E-state index contributed by atoms with van der Waals surface area (Å²) in [5.74, 6) is 1.25. The summed E-state index contributed by atoms with van der Waals surface area (Å²) in [5.41, 5.74) is 4.74. The van der Waals surface area contributed by atoms with Gasteiger partial charge < -0.3 is 39.9 Å². The van der Waals surface area contributed by atoms with Crippen LogP contribution in [0.15, 0.2) is 36.7 Å². The van der Waals surface area contributed by atoms with E-state index < -0.39 is 24.3 Å². The first-order valence-electron chi connectivity index (χ1n) is 19.5. The highest BCUT2D eigenvalue weighted by Gasteiger charge is 2.51. The molecule has 4 amide bonds. The molecule has 0 spiro atoms. The Morgan fingerprint density at radius 1 is 0.741 bits per heavy atom. The first-order chi connectivity index (χ1) is 26.0. The first-order valence-corrected chi connectivity index (χ1v) is 19.5. The highest BCUT2D eigenvalue weighted by Crippen LogP contribution is 2.58. The summed E-state index contributed by atoms with van der Waals surface area (Å²) in [4.78, 5) is 70.9. The molecule has 0 unspecified atom stereocenters. The van der Waals surface area contributed by atoms with Crippen LogP contribution in [-0.2, 0) is 29.9 Å². The van der Waals surface area contributed by atoms with Gasteiger partial charge in [-0.2, -0.15) is 0 Å². The third kappa shape index (κ3) is 6.95. The Hall–Kier alpha value is -4.88. The fraction of sp³-hybridized carbons (Fsp3) is 0.600. The summed E-state index contributed by atoms with van der Waals surface area (Å²) in [6.07, 6.45) is 12.6. The van der Waals surface area contributed by atoms with Crippen LogP contribution in [0.1, 0.15) is 120 Å². The molecule has 2 aliphatic heterocycles. The molecule has 1 aromatic carbocycles. The minimum atomic E-state index is -0.677. The van der Waals surface area contributed by atoms with E-state index in [0.29, 0.717) is 13.1 Å². The molecule has 3 aromatic rings. The maximum atomic E-state index is 13.6. The van der Waals surface area contributed by atoms with Crippen LogP contribution in [0.5, 0.6) is 0 Å². The fourth-order valence-corrected chi connectivity index (χ4v) is 9.51. The van der Waals surface area contributed by atoms with Gasteiger partial charge in [0.25, 0.3) is 0 Å². The van der Waals surface area contributed by atoms with Crippen molar-refractivity contribution >= 4 is 24.0 Å². The lowest BCUT2D eigenvalue weighted by molar-refractivity contribution is -0.135. The van der Waals surface area contributed by atoms with Crippen LogP contribution >= 0.6 is 0 Å². The van der Waals surface area contributed by atoms with E-state index in [1.807, 2.05) is 36.0 Å². The minimum absolute atomic E-state index is 0.0620. The lowest BCUT2D eigenvalue weighted by atomic mass is 9.51. The second kappa shape index (κ2) is 15.1. The Balaban J connectivity index is 0.989. The molecule has 14 heteroatoms. The molecule has 5 aliphatic rings. The molecule has 3 saturated carbocycles. The number of hydrogen-bond donors (Lipinski definition) is 4. The number of imidazole rings is 2. The summed E-state index contributed by atoms with van der Waals surface area (Å²) in [6.45, 7) is 6.76. The zero-order chi connectivity index (χ0) is 38.2. The number of rotatable bonds is 10. The standard InChI is InChI=1S/C40H54N8O6/c1-24(2)32(46-38(52)54-5)36(50)48-21-7-8-29(48)33-41-22-28(44-33)26-10-12-27(13-11-26)39-14-17-40(18-15-39,19-16-39)31-23-42-34(45-31)30-9-6-20-47(30)35(49)25(3)43-37(51)53-4/h10-13,22-25,29-30,32H,6-9,14-21H2,1-5H3,(H,41,44)(H,42,45)(H,43,51)(H,46,52)/t25-,29+,30+,32+,39?,40?/m1/s1. The van der Waals surface area contributed by atoms with Gasteiger partial charge >= 0.3 is 12.2 Å². The smallest absolute Gasteiger partial charge is 0.407 e. The largest absolute Gasteiger partial charge is 0.453 e. The van der Waals surface area contributed by atoms with Crippen molar-refractivity contribution in [2.45, 2.75) is 120 Å². The summed E-state index contributed by atoms with van der Waals surface area (Å²) >= 11 is 0. The number of hydrogen-bond acceptors (Lipinski definition) is 8. The van der Waals surface area contributed by atoms with Crippen molar-refractivity contribution in [1.29, 1.82) is 0 Å². The van der Waals surface area contributed by atoms with Crippen molar-refractivity contribution in [2.24, 2.45) is 5.92 Å². The Morgan fingerprint density at radius 2 is 1.28 bits per heavy atom. The van der Waals surface area contributed by atoms with E-state index in [-0.39, 0.29) is 40.6 Å². The Kier molecular flexibility index (Phi) is 10.5. The van der Waals surface area contributed by atoms with E-state index in [2.05, 4.69) is 49.6 Å². The van der Waals surface area contributed by atoms with Crippen LogP contribution in [-0.4, -0.2) is 93.1 Å². The predicted molar refractivity (Wildman–Crippen MR) is 200 cm³/mol. The molecular weight excluding hydrogens is 688 g/mol. The monoisotopic (exact) mass is 742 g/mol. The molecule has 5 fully saturated rings. The van der Waals surface area contributed by atoms with E-state index in [1.54, 1.807) is 6.92 Å². The van der Waals surface area contributed by atoms with Gasteiger partial charge in [-0.3, -0.25) is 9.59 Å². The highest BCUT2D eigenvalue weighted by molar-refractivity contribution is 5.87. The number of aromatic nitrogens is 4. The van der Waals surface area contributed by atoms with Gasteiger partial charge in [0.15, 0.2) is 0 Å². The molecule has 14 nitrogen and oxygen atoms in total. The van der Waals surface area contributed by atoms with Gasteiger partial charge in [0.05, 0.1) is 38.2 Å². The first kappa shape index (κ1) is 37.4. The number of benzene rings is 1. The van der Waals surface area contributed by atoms with Crippen molar-refractivity contribution in [3.8, 4) is 11.3 Å². The second-order valence-electron chi connectivity index (χ2n) is 16.1. The highest BCUT2D eigenvalue weighted by atomic mass is 16.5. The molecule has 8 rings (SSSR count). The number of fused-ring (bicyclic) bond motifs is 3. The molecule has 2 aromatic heterocycles. The average molecular weight is 743 g/mol. The number of nitrogens with zero attached hydrogens (tertiary/aromatic N) is 4. The van der Waals surface area contributed by atoms with E-state index in [0.717, 1.165) is 87.1 Å². The number of nitrogens with one attached hydrogen (secondary N) is 4. The SMILES string of the molecule is COC(=O)N[C@H](C(=O)N1CCC[C@H]1c1ncc(-c2ccc(C34CCC(c5cnc([C@@H]6CCCN6C(=O)[C@@H](C)NC(=O)OC)[nH]5)(CC3)CC4)cc2)[nH]1)C(C)C. The van der Waals surface area contributed by atoms with Gasteiger partial charge in [-0.05, 0) is 93.6 Å². The topological polar surface area (TPSA) is 175 Å². The Bertz CT molecular complexity index is 1830. The zero-order valence-corrected chi connectivity index (χ0v) is 32.1. The van der Waals surface area contributed by atoms with Gasteiger partial charge in [-0.15, -0.1) is 0 Å². The summed E-state index contributed by atoms with van der Waals surface area (Å²) < 4.78 is 9.45. The van der Waals surface area contributed by atoms with E-state index in [4.69, 9.17) is 14.7 Å². The second-order valence-corrected chi connectivity index (χ2v) is 16.1. The van der Waals surface area contributed by atoms with Crippen molar-refractivity contribution in [2.75, 3.05) is 27.3 Å². The van der Waals surface area contributed by atoms with Gasteiger partial charge in [-0.1, -0.05) is 38.1 Å². The van der Waals surface area contributed by atoms with Crippen molar-refractivity contribution in [3.05, 3.63) is 59.6 Å². The van der Waals surface area contributed by atoms with Gasteiger partial charge in [0, 0.05) is 30.4 Å². The Labute approximate surface area is 316 Å². The van der Waals surface area contributed by atoms with Crippen molar-refractivity contribution in [1.82, 2.24) is 40.4 Å². The van der Waals surface area contributed by atoms with Crippen molar-refractivity contribution in [3.63, 3.8) is 0 Å². The normalized spacial score (nSPS) is 26.1. The van der Waals surface area contributed by atoms with Crippen LogP contribution < -0.4 is 10.6 Å². The van der Waals surface area contributed by atoms with Gasteiger partial charge in [0.1, 0.15) is 23.7 Å². The number of methoxy groups -OCH3 is 2. The maximum absolute atomic E-state index is 13.6. The Morgan fingerprint density at radius 3 is 1.87 bits per heavy atom. The number of aromatic amines is 2. The molecule has 2 saturated heterocycles. The number of ether oxygens (including phenoxy) is 2.